The van der Waals surface area contributed by atoms with Crippen molar-refractivity contribution in [1.29, 1.82) is 0 Å². The number of carbonyl (C=O) groups excluding carboxylic acids is 1. The van der Waals surface area contributed by atoms with Gasteiger partial charge in [0.15, 0.2) is 0 Å². The summed E-state index contributed by atoms with van der Waals surface area (Å²) in [6.07, 6.45) is 1.04. The molecule has 2 aromatic rings. The van der Waals surface area contributed by atoms with Gasteiger partial charge < -0.3 is 10.1 Å². The molecule has 0 heterocycles. The topological polar surface area (TPSA) is 75.7 Å². The summed E-state index contributed by atoms with van der Waals surface area (Å²) in [7, 11) is -2.22. The molecule has 2 aromatic carbocycles. The molecule has 0 aliphatic heterocycles. The first-order valence-corrected chi connectivity index (χ1v) is 9.65. The van der Waals surface area contributed by atoms with Crippen molar-refractivity contribution in [2.75, 3.05) is 23.0 Å². The molecule has 6 nitrogen and oxygen atoms in total. The van der Waals surface area contributed by atoms with E-state index in [1.54, 1.807) is 42.5 Å². The number of sulfonamides is 1. The predicted molar refractivity (Wildman–Crippen MR) is 99.9 cm³/mol. The number of ether oxygens (including phenoxy) is 1. The Labute approximate surface area is 152 Å². The largest absolute Gasteiger partial charge is 0.495 e. The Morgan fingerprint density at radius 2 is 1.88 bits per heavy atom. The second-order valence-corrected chi connectivity index (χ2v) is 7.70. The van der Waals surface area contributed by atoms with E-state index in [9.17, 15) is 13.2 Å². The van der Waals surface area contributed by atoms with Crippen molar-refractivity contribution in [1.82, 2.24) is 0 Å². The Balaban J connectivity index is 2.33. The molecule has 8 heteroatoms. The zero-order valence-electron chi connectivity index (χ0n) is 14.1. The van der Waals surface area contributed by atoms with Gasteiger partial charge in [0.25, 0.3) is 0 Å². The van der Waals surface area contributed by atoms with Crippen LogP contribution in [0.25, 0.3) is 0 Å². The Morgan fingerprint density at radius 1 is 1.20 bits per heavy atom. The van der Waals surface area contributed by atoms with Gasteiger partial charge in [-0.15, -0.1) is 0 Å². The first kappa shape index (κ1) is 19.1. The van der Waals surface area contributed by atoms with Crippen molar-refractivity contribution in [2.45, 2.75) is 13.0 Å². The van der Waals surface area contributed by atoms with Crippen molar-refractivity contribution >= 4 is 38.9 Å². The summed E-state index contributed by atoms with van der Waals surface area (Å²) < 4.78 is 30.7. The highest BCUT2D eigenvalue weighted by Crippen LogP contribution is 2.26. The van der Waals surface area contributed by atoms with Crippen LogP contribution in [0.3, 0.4) is 0 Å². The molecule has 0 saturated heterocycles. The number of halogens is 1. The van der Waals surface area contributed by atoms with Crippen molar-refractivity contribution in [2.24, 2.45) is 0 Å². The lowest BCUT2D eigenvalue weighted by Crippen LogP contribution is -2.45. The summed E-state index contributed by atoms with van der Waals surface area (Å²) in [5.74, 6) is -0.00777. The van der Waals surface area contributed by atoms with Crippen LogP contribution >= 0.6 is 11.6 Å². The van der Waals surface area contributed by atoms with E-state index in [0.29, 0.717) is 22.1 Å². The highest BCUT2D eigenvalue weighted by atomic mass is 35.5. The van der Waals surface area contributed by atoms with Gasteiger partial charge in [-0.1, -0.05) is 29.8 Å². The fraction of sp³-hybridized carbons (Fsp3) is 0.235. The van der Waals surface area contributed by atoms with Crippen LogP contribution in [-0.4, -0.2) is 33.7 Å². The number of hydrogen-bond donors (Lipinski definition) is 1. The molecule has 0 saturated carbocycles. The number of anilines is 2. The Bertz CT molecular complexity index is 870. The molecule has 0 aromatic heterocycles. The fourth-order valence-electron chi connectivity index (χ4n) is 2.41. The van der Waals surface area contributed by atoms with Gasteiger partial charge in [0.2, 0.25) is 15.9 Å². The summed E-state index contributed by atoms with van der Waals surface area (Å²) in [6.45, 7) is 1.51. The van der Waals surface area contributed by atoms with Crippen LogP contribution in [0.4, 0.5) is 11.4 Å². The van der Waals surface area contributed by atoms with Gasteiger partial charge in [-0.3, -0.25) is 9.10 Å². The normalized spacial score (nSPS) is 12.3. The van der Waals surface area contributed by atoms with Crippen LogP contribution in [-0.2, 0) is 14.8 Å². The van der Waals surface area contributed by atoms with E-state index in [4.69, 9.17) is 16.3 Å². The number of benzene rings is 2. The van der Waals surface area contributed by atoms with Gasteiger partial charge in [-0.2, -0.15) is 0 Å². The number of rotatable bonds is 6. The summed E-state index contributed by atoms with van der Waals surface area (Å²) >= 11 is 5.95. The maximum Gasteiger partial charge on any atom is 0.248 e. The number of carbonyl (C=O) groups is 1. The maximum absolute atomic E-state index is 12.6. The summed E-state index contributed by atoms with van der Waals surface area (Å²) in [4.78, 5) is 12.6. The third-order valence-corrected chi connectivity index (χ3v) is 4.99. The molecule has 1 N–H and O–H groups in total. The summed E-state index contributed by atoms with van der Waals surface area (Å²) in [6, 6.07) is 12.2. The number of hydrogen-bond acceptors (Lipinski definition) is 4. The van der Waals surface area contributed by atoms with Crippen LogP contribution in [0.15, 0.2) is 48.5 Å². The molecule has 2 rings (SSSR count). The van der Waals surface area contributed by atoms with Gasteiger partial charge in [-0.25, -0.2) is 8.42 Å². The third-order valence-electron chi connectivity index (χ3n) is 3.52. The number of nitrogens with zero attached hydrogens (tertiary/aromatic N) is 1. The Morgan fingerprint density at radius 3 is 2.48 bits per heavy atom. The molecular weight excluding hydrogens is 364 g/mol. The first-order valence-electron chi connectivity index (χ1n) is 7.43. The predicted octanol–water partition coefficient (Wildman–Crippen LogP) is 3.14. The van der Waals surface area contributed by atoms with Crippen LogP contribution in [0.2, 0.25) is 5.02 Å². The fourth-order valence-corrected chi connectivity index (χ4v) is 3.76. The molecule has 1 amide bonds. The van der Waals surface area contributed by atoms with Gasteiger partial charge in [0.05, 0.1) is 24.7 Å². The minimum Gasteiger partial charge on any atom is -0.495 e. The van der Waals surface area contributed by atoms with E-state index in [1.165, 1.54) is 20.1 Å². The average Bonchev–Trinajstić information content (AvgIpc) is 2.54. The molecule has 0 aliphatic rings. The van der Waals surface area contributed by atoms with Crippen molar-refractivity contribution in [3.8, 4) is 5.75 Å². The zero-order valence-corrected chi connectivity index (χ0v) is 15.6. The molecule has 1 unspecified atom stereocenters. The molecule has 1 atom stereocenters. The van der Waals surface area contributed by atoms with Gasteiger partial charge in [-0.05, 0) is 37.3 Å². The van der Waals surface area contributed by atoms with E-state index < -0.39 is 22.0 Å². The number of para-hydroxylation sites is 2. The van der Waals surface area contributed by atoms with Gasteiger partial charge in [0, 0.05) is 5.02 Å². The minimum atomic E-state index is -3.70. The van der Waals surface area contributed by atoms with Crippen LogP contribution in [0.1, 0.15) is 6.92 Å². The number of methoxy groups -OCH3 is 1. The highest BCUT2D eigenvalue weighted by Gasteiger charge is 2.29. The van der Waals surface area contributed by atoms with Crippen molar-refractivity contribution < 1.29 is 17.9 Å². The Hall–Kier alpha value is -2.25. The van der Waals surface area contributed by atoms with E-state index in [0.717, 1.165) is 10.6 Å². The van der Waals surface area contributed by atoms with E-state index in [1.807, 2.05) is 0 Å². The van der Waals surface area contributed by atoms with Crippen molar-refractivity contribution in [3.63, 3.8) is 0 Å². The molecule has 0 radical (unpaired) electrons. The van der Waals surface area contributed by atoms with Crippen LogP contribution in [0, 0.1) is 0 Å². The lowest BCUT2D eigenvalue weighted by atomic mass is 10.2. The summed E-state index contributed by atoms with van der Waals surface area (Å²) in [5, 5.41) is 3.07. The van der Waals surface area contributed by atoms with Gasteiger partial charge in [0.1, 0.15) is 11.8 Å². The van der Waals surface area contributed by atoms with Gasteiger partial charge >= 0.3 is 0 Å². The molecular formula is C17H19ClN2O4S. The van der Waals surface area contributed by atoms with Crippen molar-refractivity contribution in [3.05, 3.63) is 53.6 Å². The number of amides is 1. The molecule has 0 spiro atoms. The average molecular weight is 383 g/mol. The number of nitrogens with one attached hydrogen (secondary N) is 1. The van der Waals surface area contributed by atoms with Crippen LogP contribution in [0.5, 0.6) is 5.75 Å². The quantitative estimate of drug-likeness (QED) is 0.832. The molecule has 134 valence electrons. The SMILES string of the molecule is COc1ccccc1NC(=O)C(C)N(c1cccc(Cl)c1)S(C)(=O)=O. The minimum absolute atomic E-state index is 0.317. The molecule has 25 heavy (non-hydrogen) atoms. The van der Waals surface area contributed by atoms with Crippen LogP contribution < -0.4 is 14.4 Å². The molecule has 0 aliphatic carbocycles. The van der Waals surface area contributed by atoms with E-state index >= 15 is 0 Å². The molecule has 0 bridgehead atoms. The Kier molecular flexibility index (Phi) is 5.92. The lowest BCUT2D eigenvalue weighted by molar-refractivity contribution is -0.116. The standard InChI is InChI=1S/C17H19ClN2O4S/c1-12(17(21)19-15-9-4-5-10-16(15)24-2)20(25(3,22)23)14-8-6-7-13(18)11-14/h4-12H,1-3H3,(H,19,21). The monoisotopic (exact) mass is 382 g/mol. The van der Waals surface area contributed by atoms with E-state index in [-0.39, 0.29) is 0 Å². The molecule has 0 fully saturated rings. The second kappa shape index (κ2) is 7.76. The highest BCUT2D eigenvalue weighted by molar-refractivity contribution is 7.92. The third kappa shape index (κ3) is 4.64. The first-order chi connectivity index (χ1) is 11.7. The second-order valence-electron chi connectivity index (χ2n) is 5.40. The zero-order chi connectivity index (χ0) is 18.6. The smallest absolute Gasteiger partial charge is 0.248 e. The van der Waals surface area contributed by atoms with E-state index in [2.05, 4.69) is 5.32 Å². The lowest BCUT2D eigenvalue weighted by Gasteiger charge is -2.28. The summed E-state index contributed by atoms with van der Waals surface area (Å²) in [5.41, 5.74) is 0.777. The maximum atomic E-state index is 12.6.